The Hall–Kier alpha value is -0.0951. The molecule has 1 heterocycles. The highest BCUT2D eigenvalue weighted by molar-refractivity contribution is 6.11. The summed E-state index contributed by atoms with van der Waals surface area (Å²) in [5.74, 6) is 0. The minimum atomic E-state index is -1.06. The molecule has 4 nitrogen and oxygen atoms in total. The average molecular weight is 147 g/mol. The van der Waals surface area contributed by atoms with Crippen molar-refractivity contribution in [2.75, 3.05) is 6.61 Å². The molecule has 0 aromatic rings. The highest BCUT2D eigenvalue weighted by atomic mass is 16.5. The van der Waals surface area contributed by atoms with Gasteiger partial charge in [-0.25, -0.2) is 0 Å². The summed E-state index contributed by atoms with van der Waals surface area (Å²) in [6.07, 6.45) is -2.83. The van der Waals surface area contributed by atoms with Crippen molar-refractivity contribution < 1.29 is 20.1 Å². The van der Waals surface area contributed by atoms with E-state index in [-0.39, 0.29) is 14.4 Å². The third-order valence-electron chi connectivity index (χ3n) is 1.64. The standard InChI is InChI=1S/C5H11BO4/c6-5-4(9)3(8)2(1-7)10-5/h2-5,7-9H,1,6H2/t2-,3?,4?,5-/m1/s1/i6D. The molecule has 1 rings (SSSR count). The van der Waals surface area contributed by atoms with Gasteiger partial charge in [0.15, 0.2) is 0 Å². The molecule has 10 heavy (non-hydrogen) atoms. The van der Waals surface area contributed by atoms with Crippen molar-refractivity contribution in [1.82, 2.24) is 0 Å². The van der Waals surface area contributed by atoms with Gasteiger partial charge in [-0.15, -0.1) is 0 Å². The molecule has 0 aromatic carbocycles. The van der Waals surface area contributed by atoms with E-state index in [1.54, 1.807) is 0 Å². The number of ether oxygens (including phenoxy) is 1. The Morgan fingerprint density at radius 2 is 2.20 bits per heavy atom. The maximum Gasteiger partial charge on any atom is 0.142 e. The van der Waals surface area contributed by atoms with E-state index in [2.05, 4.69) is 0 Å². The number of rotatable bonds is 2. The molecule has 0 aromatic heterocycles. The number of hydrogen-bond acceptors (Lipinski definition) is 4. The van der Waals surface area contributed by atoms with Crippen LogP contribution in [0.1, 0.15) is 0 Å². The SMILES string of the molecule is [2H]B[C@@H]1O[C@H](CO)C(O)C1O. The van der Waals surface area contributed by atoms with Crippen molar-refractivity contribution >= 4 is 7.81 Å². The van der Waals surface area contributed by atoms with E-state index in [1.165, 1.54) is 0 Å². The third-order valence-corrected chi connectivity index (χ3v) is 1.64. The number of aliphatic hydroxyl groups excluding tert-OH is 3. The molecule has 0 aliphatic carbocycles. The average Bonchev–Trinajstić information content (AvgIpc) is 2.30. The van der Waals surface area contributed by atoms with Crippen LogP contribution in [0.25, 0.3) is 0 Å². The highest BCUT2D eigenvalue weighted by Crippen LogP contribution is 2.18. The second kappa shape index (κ2) is 2.88. The summed E-state index contributed by atoms with van der Waals surface area (Å²) in [7, 11) is -0.102. The van der Waals surface area contributed by atoms with E-state index < -0.39 is 24.3 Å². The summed E-state index contributed by atoms with van der Waals surface area (Å²) >= 11 is 0. The van der Waals surface area contributed by atoms with Crippen LogP contribution < -0.4 is 0 Å². The molecule has 0 bridgehead atoms. The van der Waals surface area contributed by atoms with Crippen LogP contribution in [0.3, 0.4) is 0 Å². The molecule has 5 heteroatoms. The van der Waals surface area contributed by atoms with Crippen LogP contribution in [0.15, 0.2) is 0 Å². The predicted molar refractivity (Wildman–Crippen MR) is 36.3 cm³/mol. The molecule has 0 saturated carbocycles. The van der Waals surface area contributed by atoms with Crippen LogP contribution in [0.2, 0.25) is 0 Å². The first-order valence-electron chi connectivity index (χ1n) is 3.83. The van der Waals surface area contributed by atoms with E-state index in [1.807, 2.05) is 0 Å². The van der Waals surface area contributed by atoms with Crippen molar-refractivity contribution in [3.63, 3.8) is 0 Å². The van der Waals surface area contributed by atoms with E-state index in [0.29, 0.717) is 0 Å². The molecule has 1 fully saturated rings. The molecule has 2 unspecified atom stereocenters. The normalized spacial score (nSPS) is 48.9. The Morgan fingerprint density at radius 3 is 2.50 bits per heavy atom. The van der Waals surface area contributed by atoms with Gasteiger partial charge in [-0.1, -0.05) is 0 Å². The van der Waals surface area contributed by atoms with Crippen LogP contribution in [-0.2, 0) is 4.74 Å². The highest BCUT2D eigenvalue weighted by Gasteiger charge is 2.39. The molecule has 4 atom stereocenters. The first-order valence-corrected chi connectivity index (χ1v) is 3.12. The fourth-order valence-corrected chi connectivity index (χ4v) is 0.976. The Balaban J connectivity index is 2.53. The fourth-order valence-electron chi connectivity index (χ4n) is 0.976. The second-order valence-electron chi connectivity index (χ2n) is 2.38. The van der Waals surface area contributed by atoms with Gasteiger partial charge in [0.25, 0.3) is 0 Å². The van der Waals surface area contributed by atoms with E-state index in [4.69, 9.17) is 21.4 Å². The zero-order valence-corrected chi connectivity index (χ0v) is 5.47. The van der Waals surface area contributed by atoms with E-state index >= 15 is 0 Å². The zero-order chi connectivity index (χ0) is 8.43. The van der Waals surface area contributed by atoms with Gasteiger partial charge in [-0.05, 0) is 1.34 Å². The maximum atomic E-state index is 9.15. The first-order chi connectivity index (χ1) is 5.20. The first kappa shape index (κ1) is 6.60. The minimum absolute atomic E-state index is 0.102. The van der Waals surface area contributed by atoms with Crippen molar-refractivity contribution in [1.29, 1.82) is 1.34 Å². The summed E-state index contributed by atoms with van der Waals surface area (Å²) in [5.41, 5.74) is 0. The molecular formula is C5H11BO4. The molecular weight excluding hydrogens is 135 g/mol. The molecule has 0 radical (unpaired) electrons. The fraction of sp³-hybridized carbons (Fsp3) is 1.00. The third kappa shape index (κ3) is 1.18. The smallest absolute Gasteiger partial charge is 0.142 e. The molecule has 1 aliphatic heterocycles. The largest absolute Gasteiger partial charge is 0.394 e. The van der Waals surface area contributed by atoms with Gasteiger partial charge in [0.2, 0.25) is 0 Å². The Labute approximate surface area is 61.2 Å². The number of aliphatic hydroxyl groups is 3. The van der Waals surface area contributed by atoms with Crippen LogP contribution >= 0.6 is 0 Å². The Bertz CT molecular complexity index is 118. The molecule has 1 aliphatic rings. The minimum Gasteiger partial charge on any atom is -0.394 e. The van der Waals surface area contributed by atoms with E-state index in [9.17, 15) is 0 Å². The maximum absolute atomic E-state index is 9.15. The van der Waals surface area contributed by atoms with Crippen molar-refractivity contribution in [3.8, 4) is 0 Å². The summed E-state index contributed by atoms with van der Waals surface area (Å²) in [6.45, 7) is -0.325. The lowest BCUT2D eigenvalue weighted by Gasteiger charge is -2.10. The van der Waals surface area contributed by atoms with Crippen LogP contribution in [-0.4, -0.2) is 55.4 Å². The van der Waals surface area contributed by atoms with E-state index in [0.717, 1.165) is 0 Å². The van der Waals surface area contributed by atoms with Gasteiger partial charge in [-0.2, -0.15) is 0 Å². The van der Waals surface area contributed by atoms with Crippen molar-refractivity contribution in [3.05, 3.63) is 0 Å². The molecule has 58 valence electrons. The molecule has 3 N–H and O–H groups in total. The lowest BCUT2D eigenvalue weighted by atomic mass is 9.93. The van der Waals surface area contributed by atoms with Gasteiger partial charge < -0.3 is 20.1 Å². The van der Waals surface area contributed by atoms with Crippen LogP contribution in [0.4, 0.5) is 0 Å². The summed E-state index contributed by atoms with van der Waals surface area (Å²) in [4.78, 5) is 0. The molecule has 0 spiro atoms. The quantitative estimate of drug-likeness (QED) is 0.365. The van der Waals surface area contributed by atoms with Gasteiger partial charge in [0, 0.05) is 0 Å². The summed E-state index contributed by atoms with van der Waals surface area (Å²) < 4.78 is 11.9. The van der Waals surface area contributed by atoms with Crippen molar-refractivity contribution in [2.24, 2.45) is 0 Å². The summed E-state index contributed by atoms with van der Waals surface area (Å²) in [5, 5.41) is 26.9. The molecule has 1 saturated heterocycles. The lowest BCUT2D eigenvalue weighted by Crippen LogP contribution is -2.33. The lowest BCUT2D eigenvalue weighted by molar-refractivity contribution is -0.00875. The Morgan fingerprint density at radius 1 is 1.50 bits per heavy atom. The van der Waals surface area contributed by atoms with Gasteiger partial charge in [0.1, 0.15) is 26.1 Å². The summed E-state index contributed by atoms with van der Waals surface area (Å²) in [6, 6.07) is -0.665. The van der Waals surface area contributed by atoms with Gasteiger partial charge >= 0.3 is 0 Å². The Kier molecular flexibility index (Phi) is 1.90. The predicted octanol–water partition coefficient (Wildman–Crippen LogP) is -2.94. The van der Waals surface area contributed by atoms with Gasteiger partial charge in [-0.3, -0.25) is 0 Å². The zero-order valence-electron chi connectivity index (χ0n) is 6.47. The van der Waals surface area contributed by atoms with Crippen molar-refractivity contribution in [2.45, 2.75) is 24.3 Å². The molecule has 0 amide bonds. The number of hydrogen-bond donors (Lipinski definition) is 3. The van der Waals surface area contributed by atoms with Crippen LogP contribution in [0, 0.1) is 0 Å². The monoisotopic (exact) mass is 147 g/mol. The van der Waals surface area contributed by atoms with Crippen LogP contribution in [0.5, 0.6) is 0 Å². The second-order valence-corrected chi connectivity index (χ2v) is 2.38. The van der Waals surface area contributed by atoms with Gasteiger partial charge in [0.05, 0.1) is 12.6 Å². The topological polar surface area (TPSA) is 69.9 Å².